The second-order valence-electron chi connectivity index (χ2n) is 4.65. The molecule has 0 aliphatic heterocycles. The summed E-state index contributed by atoms with van der Waals surface area (Å²) < 4.78 is 0. The molecule has 0 saturated carbocycles. The minimum atomic E-state index is 0.210. The first-order valence-corrected chi connectivity index (χ1v) is 6.01. The lowest BCUT2D eigenvalue weighted by atomic mass is 10.1. The number of rotatable bonds is 4. The number of amidine groups is 1. The molecule has 17 heavy (non-hydrogen) atoms. The number of oxime groups is 1. The zero-order chi connectivity index (χ0) is 12.3. The summed E-state index contributed by atoms with van der Waals surface area (Å²) in [5, 5.41) is 15.1. The first kappa shape index (κ1) is 11.9. The molecule has 4 nitrogen and oxygen atoms in total. The summed E-state index contributed by atoms with van der Waals surface area (Å²) in [5.74, 6) is 0.274. The highest BCUT2D eigenvalue weighted by atomic mass is 16.4. The minimum Gasteiger partial charge on any atom is -0.409 e. The van der Waals surface area contributed by atoms with Crippen molar-refractivity contribution in [3.63, 3.8) is 0 Å². The lowest BCUT2D eigenvalue weighted by Gasteiger charge is -2.19. The molecule has 0 saturated heterocycles. The monoisotopic (exact) mass is 233 g/mol. The molecule has 0 fully saturated rings. The molecule has 1 aromatic carbocycles. The van der Waals surface area contributed by atoms with E-state index in [1.807, 2.05) is 0 Å². The molecule has 4 heteroatoms. The summed E-state index contributed by atoms with van der Waals surface area (Å²) in [4.78, 5) is 0. The molecular weight excluding hydrogens is 214 g/mol. The van der Waals surface area contributed by atoms with Crippen molar-refractivity contribution in [3.8, 4) is 0 Å². The average Bonchev–Trinajstić information content (AvgIpc) is 2.72. The van der Waals surface area contributed by atoms with Gasteiger partial charge in [0.1, 0.15) is 5.84 Å². The normalized spacial score (nSPS) is 21.2. The summed E-state index contributed by atoms with van der Waals surface area (Å²) in [7, 11) is 0. The molecule has 2 unspecified atom stereocenters. The Kier molecular flexibility index (Phi) is 3.64. The van der Waals surface area contributed by atoms with Gasteiger partial charge in [0.25, 0.3) is 0 Å². The quantitative estimate of drug-likeness (QED) is 0.321. The van der Waals surface area contributed by atoms with Crippen molar-refractivity contribution in [3.05, 3.63) is 35.4 Å². The molecule has 0 heterocycles. The minimum absolute atomic E-state index is 0.210. The molecule has 1 aliphatic rings. The molecular formula is C13H19N3O. The number of hydrogen-bond acceptors (Lipinski definition) is 3. The van der Waals surface area contributed by atoms with E-state index < -0.39 is 0 Å². The Morgan fingerprint density at radius 2 is 2.35 bits per heavy atom. The number of aryl methyl sites for hydroxylation is 1. The third kappa shape index (κ3) is 2.77. The van der Waals surface area contributed by atoms with Gasteiger partial charge >= 0.3 is 0 Å². The largest absolute Gasteiger partial charge is 0.409 e. The topological polar surface area (TPSA) is 70.6 Å². The van der Waals surface area contributed by atoms with Crippen LogP contribution in [0.5, 0.6) is 0 Å². The van der Waals surface area contributed by atoms with Gasteiger partial charge < -0.3 is 16.3 Å². The Morgan fingerprint density at radius 3 is 3.12 bits per heavy atom. The van der Waals surface area contributed by atoms with Crippen LogP contribution in [0.4, 0.5) is 0 Å². The fourth-order valence-electron chi connectivity index (χ4n) is 2.49. The molecule has 1 aromatic rings. The molecule has 0 aromatic heterocycles. The molecule has 2 atom stereocenters. The Hall–Kier alpha value is -1.55. The smallest absolute Gasteiger partial charge is 0.140 e. The van der Waals surface area contributed by atoms with Crippen LogP contribution in [0.2, 0.25) is 0 Å². The molecule has 0 radical (unpaired) electrons. The van der Waals surface area contributed by atoms with Crippen LogP contribution < -0.4 is 11.1 Å². The third-order valence-electron chi connectivity index (χ3n) is 3.26. The van der Waals surface area contributed by atoms with Gasteiger partial charge in [-0.2, -0.15) is 0 Å². The lowest BCUT2D eigenvalue weighted by Crippen LogP contribution is -2.33. The molecule has 2 rings (SSSR count). The number of nitrogens with one attached hydrogen (secondary N) is 1. The highest BCUT2D eigenvalue weighted by Gasteiger charge is 2.23. The number of fused-ring (bicyclic) bond motifs is 1. The predicted octanol–water partition coefficient (Wildman–Crippen LogP) is 1.79. The van der Waals surface area contributed by atoms with Crippen molar-refractivity contribution in [1.82, 2.24) is 5.32 Å². The number of nitrogens with two attached hydrogens (primary N) is 1. The maximum atomic E-state index is 8.54. The van der Waals surface area contributed by atoms with Crippen molar-refractivity contribution >= 4 is 5.84 Å². The first-order chi connectivity index (χ1) is 8.20. The van der Waals surface area contributed by atoms with Crippen molar-refractivity contribution in [2.24, 2.45) is 10.9 Å². The SMILES string of the molecule is CC(CC(N)=NO)NC1CCc2ccccc21. The van der Waals surface area contributed by atoms with Gasteiger partial charge in [0.2, 0.25) is 0 Å². The van der Waals surface area contributed by atoms with Crippen LogP contribution in [0.25, 0.3) is 0 Å². The van der Waals surface area contributed by atoms with E-state index in [0.717, 1.165) is 12.8 Å². The Morgan fingerprint density at radius 1 is 1.59 bits per heavy atom. The van der Waals surface area contributed by atoms with E-state index in [-0.39, 0.29) is 11.9 Å². The van der Waals surface area contributed by atoms with Crippen molar-refractivity contribution in [2.45, 2.75) is 38.3 Å². The van der Waals surface area contributed by atoms with E-state index in [1.165, 1.54) is 11.1 Å². The van der Waals surface area contributed by atoms with Gasteiger partial charge in [-0.1, -0.05) is 29.4 Å². The second kappa shape index (κ2) is 5.19. The standard InChI is InChI=1S/C13H19N3O/c1-9(8-13(14)16-17)15-12-7-6-10-4-2-3-5-11(10)12/h2-5,9,12,15,17H,6-8H2,1H3,(H2,14,16). The van der Waals surface area contributed by atoms with Crippen molar-refractivity contribution in [2.75, 3.05) is 0 Å². The fourth-order valence-corrected chi connectivity index (χ4v) is 2.49. The fraction of sp³-hybridized carbons (Fsp3) is 0.462. The van der Waals surface area contributed by atoms with Gasteiger partial charge in [-0.15, -0.1) is 0 Å². The molecule has 4 N–H and O–H groups in total. The number of hydrogen-bond donors (Lipinski definition) is 3. The van der Waals surface area contributed by atoms with Crippen molar-refractivity contribution in [1.29, 1.82) is 0 Å². The molecule has 0 spiro atoms. The number of benzene rings is 1. The van der Waals surface area contributed by atoms with Crippen LogP contribution in [0.1, 0.15) is 36.9 Å². The zero-order valence-corrected chi connectivity index (χ0v) is 10.1. The summed E-state index contributed by atoms with van der Waals surface area (Å²) >= 11 is 0. The van der Waals surface area contributed by atoms with Crippen molar-refractivity contribution < 1.29 is 5.21 Å². The molecule has 0 amide bonds. The van der Waals surface area contributed by atoms with Gasteiger partial charge in [-0.3, -0.25) is 0 Å². The molecule has 1 aliphatic carbocycles. The molecule has 92 valence electrons. The van der Waals surface area contributed by atoms with Gasteiger partial charge in [0.15, 0.2) is 0 Å². The van der Waals surface area contributed by atoms with Gasteiger partial charge in [-0.25, -0.2) is 0 Å². The summed E-state index contributed by atoms with van der Waals surface area (Å²) in [6, 6.07) is 9.13. The van der Waals surface area contributed by atoms with Gasteiger partial charge in [-0.05, 0) is 30.9 Å². The van der Waals surface area contributed by atoms with E-state index in [1.54, 1.807) is 0 Å². The average molecular weight is 233 g/mol. The van der Waals surface area contributed by atoms with Crippen LogP contribution in [-0.2, 0) is 6.42 Å². The lowest BCUT2D eigenvalue weighted by molar-refractivity contribution is 0.315. The highest BCUT2D eigenvalue weighted by molar-refractivity contribution is 5.80. The highest BCUT2D eigenvalue weighted by Crippen LogP contribution is 2.31. The van der Waals surface area contributed by atoms with Gasteiger partial charge in [0.05, 0.1) is 0 Å². The van der Waals surface area contributed by atoms with E-state index in [4.69, 9.17) is 10.9 Å². The van der Waals surface area contributed by atoms with Crippen LogP contribution in [0.3, 0.4) is 0 Å². The van der Waals surface area contributed by atoms with E-state index in [9.17, 15) is 0 Å². The summed E-state index contributed by atoms with van der Waals surface area (Å²) in [6.45, 7) is 2.05. The predicted molar refractivity (Wildman–Crippen MR) is 68.1 cm³/mol. The Labute approximate surface area is 102 Å². The first-order valence-electron chi connectivity index (χ1n) is 6.01. The molecule has 0 bridgehead atoms. The van der Waals surface area contributed by atoms with Crippen LogP contribution >= 0.6 is 0 Å². The summed E-state index contributed by atoms with van der Waals surface area (Å²) in [6.07, 6.45) is 2.82. The zero-order valence-electron chi connectivity index (χ0n) is 10.1. The van der Waals surface area contributed by atoms with Crippen LogP contribution in [0.15, 0.2) is 29.4 Å². The second-order valence-corrected chi connectivity index (χ2v) is 4.65. The summed E-state index contributed by atoms with van der Waals surface area (Å²) in [5.41, 5.74) is 8.32. The van der Waals surface area contributed by atoms with Crippen LogP contribution in [-0.4, -0.2) is 17.1 Å². The maximum Gasteiger partial charge on any atom is 0.140 e. The van der Waals surface area contributed by atoms with Crippen LogP contribution in [0, 0.1) is 0 Å². The Bertz CT molecular complexity index is 417. The van der Waals surface area contributed by atoms with E-state index in [2.05, 4.69) is 41.7 Å². The Balaban J connectivity index is 1.97. The van der Waals surface area contributed by atoms with Gasteiger partial charge in [0, 0.05) is 18.5 Å². The number of nitrogens with zero attached hydrogens (tertiary/aromatic N) is 1. The maximum absolute atomic E-state index is 8.54. The van der Waals surface area contributed by atoms with E-state index >= 15 is 0 Å². The third-order valence-corrected chi connectivity index (χ3v) is 3.26. The van der Waals surface area contributed by atoms with E-state index in [0.29, 0.717) is 12.5 Å².